The van der Waals surface area contributed by atoms with Crippen molar-refractivity contribution in [1.82, 2.24) is 4.90 Å². The van der Waals surface area contributed by atoms with Gasteiger partial charge >= 0.3 is 0 Å². The van der Waals surface area contributed by atoms with Crippen LogP contribution in [-0.4, -0.2) is 30.0 Å². The fourth-order valence-electron chi connectivity index (χ4n) is 1.88. The van der Waals surface area contributed by atoms with Gasteiger partial charge in [0.05, 0.1) is 11.6 Å². The molecule has 1 saturated carbocycles. The van der Waals surface area contributed by atoms with E-state index in [9.17, 15) is 4.79 Å². The molecule has 0 bridgehead atoms. The van der Waals surface area contributed by atoms with E-state index in [-0.39, 0.29) is 12.5 Å². The zero-order valence-corrected chi connectivity index (χ0v) is 10.4. The molecule has 0 unspecified atom stereocenters. The monoisotopic (exact) mass is 244 g/mol. The van der Waals surface area contributed by atoms with Gasteiger partial charge in [0.25, 0.3) is 5.91 Å². The van der Waals surface area contributed by atoms with Gasteiger partial charge in [-0.3, -0.25) is 4.79 Å². The second-order valence-electron chi connectivity index (χ2n) is 4.34. The third kappa shape index (κ3) is 3.01. The van der Waals surface area contributed by atoms with Gasteiger partial charge in [-0.25, -0.2) is 0 Å². The van der Waals surface area contributed by atoms with Crippen LogP contribution in [-0.2, 0) is 4.79 Å². The minimum Gasteiger partial charge on any atom is -0.484 e. The number of nitrogens with zero attached hydrogens (tertiary/aromatic N) is 2. The molecule has 1 fully saturated rings. The van der Waals surface area contributed by atoms with Crippen molar-refractivity contribution in [2.75, 3.05) is 13.2 Å². The Balaban J connectivity index is 1.86. The Kier molecular flexibility index (Phi) is 3.83. The van der Waals surface area contributed by atoms with Crippen LogP contribution in [0.1, 0.15) is 25.3 Å². The van der Waals surface area contributed by atoms with Crippen molar-refractivity contribution in [3.63, 3.8) is 0 Å². The van der Waals surface area contributed by atoms with E-state index < -0.39 is 0 Å². The van der Waals surface area contributed by atoms with Gasteiger partial charge in [0, 0.05) is 12.6 Å². The van der Waals surface area contributed by atoms with E-state index in [0.29, 0.717) is 17.4 Å². The molecule has 4 heteroatoms. The molecule has 1 aliphatic carbocycles. The third-order valence-corrected chi connectivity index (χ3v) is 2.99. The topological polar surface area (TPSA) is 53.3 Å². The highest BCUT2D eigenvalue weighted by Crippen LogP contribution is 2.26. The normalized spacial score (nSPS) is 13.8. The molecule has 0 saturated heterocycles. The number of nitriles is 1. The minimum atomic E-state index is 0.0318. The summed E-state index contributed by atoms with van der Waals surface area (Å²) in [7, 11) is 0. The van der Waals surface area contributed by atoms with Crippen LogP contribution in [0.5, 0.6) is 5.75 Å². The van der Waals surface area contributed by atoms with Gasteiger partial charge in [-0.15, -0.1) is 0 Å². The van der Waals surface area contributed by atoms with E-state index >= 15 is 0 Å². The molecule has 1 aromatic carbocycles. The maximum atomic E-state index is 11.9. The Hall–Kier alpha value is -2.02. The number of ether oxygens (including phenoxy) is 1. The lowest BCUT2D eigenvalue weighted by Crippen LogP contribution is -2.36. The molecular weight excluding hydrogens is 228 g/mol. The zero-order chi connectivity index (χ0) is 13.0. The summed E-state index contributed by atoms with van der Waals surface area (Å²) in [6, 6.07) is 9.23. The summed E-state index contributed by atoms with van der Waals surface area (Å²) >= 11 is 0. The van der Waals surface area contributed by atoms with Gasteiger partial charge < -0.3 is 9.64 Å². The molecule has 94 valence electrons. The number of hydrogen-bond donors (Lipinski definition) is 0. The maximum absolute atomic E-state index is 11.9. The molecule has 1 aromatic rings. The summed E-state index contributed by atoms with van der Waals surface area (Å²) in [6.45, 7) is 2.79. The van der Waals surface area contributed by atoms with Crippen molar-refractivity contribution in [3.05, 3.63) is 29.8 Å². The molecular formula is C14H16N2O2. The molecule has 18 heavy (non-hydrogen) atoms. The first-order chi connectivity index (χ1) is 8.74. The molecule has 0 aromatic heterocycles. The van der Waals surface area contributed by atoms with Crippen LogP contribution in [0.3, 0.4) is 0 Å². The molecule has 2 rings (SSSR count). The fourth-order valence-corrected chi connectivity index (χ4v) is 1.88. The predicted octanol–water partition coefficient (Wildman–Crippen LogP) is 1.95. The van der Waals surface area contributed by atoms with Gasteiger partial charge in [0.1, 0.15) is 5.75 Å². The van der Waals surface area contributed by atoms with Crippen molar-refractivity contribution in [2.24, 2.45) is 0 Å². The summed E-state index contributed by atoms with van der Waals surface area (Å²) < 4.78 is 5.43. The average Bonchev–Trinajstić information content (AvgIpc) is 3.22. The summed E-state index contributed by atoms with van der Waals surface area (Å²) in [4.78, 5) is 13.8. The van der Waals surface area contributed by atoms with Gasteiger partial charge in [-0.2, -0.15) is 5.26 Å². The van der Waals surface area contributed by atoms with Gasteiger partial charge in [-0.05, 0) is 44.0 Å². The van der Waals surface area contributed by atoms with Gasteiger partial charge in [-0.1, -0.05) is 0 Å². The molecule has 1 aliphatic rings. The lowest BCUT2D eigenvalue weighted by molar-refractivity contribution is -0.133. The van der Waals surface area contributed by atoms with Crippen molar-refractivity contribution in [2.45, 2.75) is 25.8 Å². The molecule has 4 nitrogen and oxygen atoms in total. The quantitative estimate of drug-likeness (QED) is 0.795. The number of rotatable bonds is 5. The van der Waals surface area contributed by atoms with E-state index in [1.807, 2.05) is 17.9 Å². The second-order valence-corrected chi connectivity index (χ2v) is 4.34. The molecule has 0 heterocycles. The van der Waals surface area contributed by atoms with Crippen LogP contribution in [0.25, 0.3) is 0 Å². The van der Waals surface area contributed by atoms with Crippen LogP contribution >= 0.6 is 0 Å². The number of amides is 1. The highest BCUT2D eigenvalue weighted by molar-refractivity contribution is 5.78. The van der Waals surface area contributed by atoms with Crippen LogP contribution < -0.4 is 4.74 Å². The number of benzene rings is 1. The van der Waals surface area contributed by atoms with Crippen LogP contribution in [0.2, 0.25) is 0 Å². The van der Waals surface area contributed by atoms with Gasteiger partial charge in [0.2, 0.25) is 0 Å². The largest absolute Gasteiger partial charge is 0.484 e. The highest BCUT2D eigenvalue weighted by atomic mass is 16.5. The Bertz CT molecular complexity index is 458. The predicted molar refractivity (Wildman–Crippen MR) is 67.1 cm³/mol. The van der Waals surface area contributed by atoms with Crippen molar-refractivity contribution < 1.29 is 9.53 Å². The van der Waals surface area contributed by atoms with E-state index in [1.165, 1.54) is 0 Å². The SMILES string of the molecule is CCN(C(=O)COc1ccc(C#N)cc1)C1CC1. The molecule has 0 spiro atoms. The zero-order valence-electron chi connectivity index (χ0n) is 10.4. The summed E-state index contributed by atoms with van der Waals surface area (Å²) in [5, 5.41) is 8.67. The lowest BCUT2D eigenvalue weighted by Gasteiger charge is -2.20. The second kappa shape index (κ2) is 5.54. The Morgan fingerprint density at radius 3 is 2.61 bits per heavy atom. The van der Waals surface area contributed by atoms with E-state index in [4.69, 9.17) is 10.00 Å². The molecule has 1 amide bonds. The number of likely N-dealkylation sites (N-methyl/N-ethyl adjacent to an activating group) is 1. The number of hydrogen-bond acceptors (Lipinski definition) is 3. The van der Waals surface area contributed by atoms with Crippen LogP contribution in [0, 0.1) is 11.3 Å². The average molecular weight is 244 g/mol. The summed E-state index contributed by atoms with van der Waals surface area (Å²) in [5.41, 5.74) is 0.585. The smallest absolute Gasteiger partial charge is 0.260 e. The first-order valence-corrected chi connectivity index (χ1v) is 6.17. The van der Waals surface area contributed by atoms with E-state index in [2.05, 4.69) is 0 Å². The van der Waals surface area contributed by atoms with Crippen LogP contribution in [0.4, 0.5) is 0 Å². The summed E-state index contributed by atoms with van der Waals surface area (Å²) in [6.07, 6.45) is 2.22. The highest BCUT2D eigenvalue weighted by Gasteiger charge is 2.31. The van der Waals surface area contributed by atoms with Gasteiger partial charge in [0.15, 0.2) is 6.61 Å². The van der Waals surface area contributed by atoms with E-state index in [1.54, 1.807) is 24.3 Å². The number of carbonyl (C=O) groups is 1. The Morgan fingerprint density at radius 1 is 1.44 bits per heavy atom. The Morgan fingerprint density at radius 2 is 2.11 bits per heavy atom. The fraction of sp³-hybridized carbons (Fsp3) is 0.429. The molecule has 0 atom stereocenters. The van der Waals surface area contributed by atoms with Crippen molar-refractivity contribution >= 4 is 5.91 Å². The third-order valence-electron chi connectivity index (χ3n) is 2.99. The lowest BCUT2D eigenvalue weighted by atomic mass is 10.2. The van der Waals surface area contributed by atoms with Crippen LogP contribution in [0.15, 0.2) is 24.3 Å². The van der Waals surface area contributed by atoms with Crippen molar-refractivity contribution in [1.29, 1.82) is 5.26 Å². The minimum absolute atomic E-state index is 0.0318. The van der Waals surface area contributed by atoms with Crippen molar-refractivity contribution in [3.8, 4) is 11.8 Å². The molecule has 0 aliphatic heterocycles. The molecule has 0 N–H and O–H groups in total. The standard InChI is InChI=1S/C14H16N2O2/c1-2-16(12-5-6-12)14(17)10-18-13-7-3-11(9-15)4-8-13/h3-4,7-8,12H,2,5-6,10H2,1H3. The van der Waals surface area contributed by atoms with E-state index in [0.717, 1.165) is 19.4 Å². The number of carbonyl (C=O) groups excluding carboxylic acids is 1. The maximum Gasteiger partial charge on any atom is 0.260 e. The Labute approximate surface area is 107 Å². The molecule has 0 radical (unpaired) electrons. The summed E-state index contributed by atoms with van der Waals surface area (Å²) in [5.74, 6) is 0.651. The first kappa shape index (κ1) is 12.4. The first-order valence-electron chi connectivity index (χ1n) is 6.17.